The number of methoxy groups -OCH3 is 1. The summed E-state index contributed by atoms with van der Waals surface area (Å²) in [5, 5.41) is 2.07. The van der Waals surface area contributed by atoms with E-state index in [1.54, 1.807) is 24.5 Å². The van der Waals surface area contributed by atoms with Gasteiger partial charge in [0.25, 0.3) is 0 Å². The van der Waals surface area contributed by atoms with Gasteiger partial charge in [-0.2, -0.15) is 0 Å². The summed E-state index contributed by atoms with van der Waals surface area (Å²) in [4.78, 5) is 1.33. The lowest BCUT2D eigenvalue weighted by molar-refractivity contribution is 0.322. The predicted molar refractivity (Wildman–Crippen MR) is 70.9 cm³/mol. The van der Waals surface area contributed by atoms with Gasteiger partial charge in [-0.15, -0.1) is 11.3 Å². The lowest BCUT2D eigenvalue weighted by Crippen LogP contribution is -2.01. The Labute approximate surface area is 105 Å². The summed E-state index contributed by atoms with van der Waals surface area (Å²) in [5.41, 5.74) is 6.39. The van der Waals surface area contributed by atoms with Crippen LogP contribution in [-0.2, 0) is 6.42 Å². The minimum Gasteiger partial charge on any atom is -0.495 e. The van der Waals surface area contributed by atoms with Crippen LogP contribution < -0.4 is 15.2 Å². The zero-order valence-corrected chi connectivity index (χ0v) is 10.5. The minimum absolute atomic E-state index is 0.598. The first-order chi connectivity index (χ1) is 8.29. The average molecular weight is 249 g/mol. The van der Waals surface area contributed by atoms with Crippen LogP contribution in [0.2, 0.25) is 0 Å². The molecule has 0 bridgehead atoms. The molecule has 0 fully saturated rings. The van der Waals surface area contributed by atoms with Gasteiger partial charge in [-0.1, -0.05) is 6.07 Å². The number of nitrogens with two attached hydrogens (primary N) is 1. The van der Waals surface area contributed by atoms with Crippen molar-refractivity contribution in [1.82, 2.24) is 0 Å². The summed E-state index contributed by atoms with van der Waals surface area (Å²) in [6, 6.07) is 9.62. The van der Waals surface area contributed by atoms with E-state index in [0.717, 1.165) is 12.2 Å². The third-order valence-corrected chi connectivity index (χ3v) is 3.33. The van der Waals surface area contributed by atoms with Crippen molar-refractivity contribution in [3.8, 4) is 11.5 Å². The topological polar surface area (TPSA) is 44.5 Å². The highest BCUT2D eigenvalue weighted by atomic mass is 32.1. The number of hydrogen-bond acceptors (Lipinski definition) is 4. The lowest BCUT2D eigenvalue weighted by Gasteiger charge is -2.08. The van der Waals surface area contributed by atoms with Crippen LogP contribution in [0.1, 0.15) is 4.88 Å². The molecule has 3 nitrogen and oxygen atoms in total. The van der Waals surface area contributed by atoms with Gasteiger partial charge >= 0.3 is 0 Å². The van der Waals surface area contributed by atoms with Crippen LogP contribution >= 0.6 is 11.3 Å². The second kappa shape index (κ2) is 5.59. The SMILES string of the molecule is COc1ccc(OCCc2cccs2)cc1N. The quantitative estimate of drug-likeness (QED) is 0.829. The van der Waals surface area contributed by atoms with Crippen molar-refractivity contribution in [1.29, 1.82) is 0 Å². The van der Waals surface area contributed by atoms with Gasteiger partial charge in [-0.3, -0.25) is 0 Å². The van der Waals surface area contributed by atoms with Crippen molar-refractivity contribution >= 4 is 17.0 Å². The maximum Gasteiger partial charge on any atom is 0.142 e. The molecule has 90 valence electrons. The Hall–Kier alpha value is -1.68. The Morgan fingerprint density at radius 3 is 2.82 bits per heavy atom. The van der Waals surface area contributed by atoms with Crippen molar-refractivity contribution in [2.24, 2.45) is 0 Å². The molecule has 17 heavy (non-hydrogen) atoms. The summed E-state index contributed by atoms with van der Waals surface area (Å²) < 4.78 is 10.7. The summed E-state index contributed by atoms with van der Waals surface area (Å²) in [6.45, 7) is 0.659. The molecular weight excluding hydrogens is 234 g/mol. The van der Waals surface area contributed by atoms with Crippen LogP contribution in [0.15, 0.2) is 35.7 Å². The molecule has 0 saturated carbocycles. The van der Waals surface area contributed by atoms with Crippen LogP contribution in [0.3, 0.4) is 0 Å². The Kier molecular flexibility index (Phi) is 3.88. The third kappa shape index (κ3) is 3.14. The van der Waals surface area contributed by atoms with E-state index in [2.05, 4.69) is 11.4 Å². The molecular formula is C13H15NO2S. The molecule has 2 N–H and O–H groups in total. The van der Waals surface area contributed by atoms with E-state index in [1.807, 2.05) is 18.2 Å². The van der Waals surface area contributed by atoms with E-state index in [0.29, 0.717) is 18.0 Å². The van der Waals surface area contributed by atoms with E-state index >= 15 is 0 Å². The van der Waals surface area contributed by atoms with Gasteiger partial charge in [-0.25, -0.2) is 0 Å². The highest BCUT2D eigenvalue weighted by Crippen LogP contribution is 2.26. The normalized spacial score (nSPS) is 10.2. The fourth-order valence-corrected chi connectivity index (χ4v) is 2.22. The average Bonchev–Trinajstić information content (AvgIpc) is 2.82. The van der Waals surface area contributed by atoms with Gasteiger partial charge in [0.05, 0.1) is 19.4 Å². The molecule has 0 atom stereocenters. The fraction of sp³-hybridized carbons (Fsp3) is 0.231. The monoisotopic (exact) mass is 249 g/mol. The molecule has 4 heteroatoms. The highest BCUT2D eigenvalue weighted by Gasteiger charge is 2.01. The molecule has 2 rings (SSSR count). The van der Waals surface area contributed by atoms with Crippen LogP contribution in [-0.4, -0.2) is 13.7 Å². The summed E-state index contributed by atoms with van der Waals surface area (Å²) in [5.74, 6) is 1.45. The van der Waals surface area contributed by atoms with Gasteiger partial charge < -0.3 is 15.2 Å². The first-order valence-electron chi connectivity index (χ1n) is 5.38. The molecule has 1 aromatic heterocycles. The van der Waals surface area contributed by atoms with Gasteiger partial charge in [0.2, 0.25) is 0 Å². The Morgan fingerprint density at radius 1 is 1.29 bits per heavy atom. The molecule has 0 saturated heterocycles. The van der Waals surface area contributed by atoms with Crippen molar-refractivity contribution in [2.45, 2.75) is 6.42 Å². The van der Waals surface area contributed by atoms with E-state index in [9.17, 15) is 0 Å². The maximum absolute atomic E-state index is 5.80. The summed E-state index contributed by atoms with van der Waals surface area (Å²) >= 11 is 1.74. The molecule has 0 radical (unpaired) electrons. The summed E-state index contributed by atoms with van der Waals surface area (Å²) in [6.07, 6.45) is 0.920. The molecule has 1 heterocycles. The zero-order chi connectivity index (χ0) is 12.1. The Morgan fingerprint density at radius 2 is 2.18 bits per heavy atom. The van der Waals surface area contributed by atoms with Crippen LogP contribution in [0.5, 0.6) is 11.5 Å². The third-order valence-electron chi connectivity index (χ3n) is 2.40. The second-order valence-corrected chi connectivity index (χ2v) is 4.61. The predicted octanol–water partition coefficient (Wildman–Crippen LogP) is 2.96. The van der Waals surface area contributed by atoms with Gasteiger partial charge in [0, 0.05) is 17.4 Å². The van der Waals surface area contributed by atoms with E-state index in [1.165, 1.54) is 4.88 Å². The Balaban J connectivity index is 1.89. The second-order valence-electron chi connectivity index (χ2n) is 3.58. The van der Waals surface area contributed by atoms with Crippen molar-refractivity contribution < 1.29 is 9.47 Å². The molecule has 0 unspecified atom stereocenters. The number of nitrogen functional groups attached to an aromatic ring is 1. The smallest absolute Gasteiger partial charge is 0.142 e. The fourth-order valence-electron chi connectivity index (χ4n) is 1.53. The van der Waals surface area contributed by atoms with Crippen LogP contribution in [0.4, 0.5) is 5.69 Å². The Bertz CT molecular complexity index is 468. The highest BCUT2D eigenvalue weighted by molar-refractivity contribution is 7.09. The van der Waals surface area contributed by atoms with Gasteiger partial charge in [0.1, 0.15) is 11.5 Å². The standard InChI is InChI=1S/C13H15NO2S/c1-15-13-5-4-10(9-12(13)14)16-7-6-11-3-2-8-17-11/h2-5,8-9H,6-7,14H2,1H3. The number of thiophene rings is 1. The van der Waals surface area contributed by atoms with E-state index < -0.39 is 0 Å². The first kappa shape index (κ1) is 11.8. The van der Waals surface area contributed by atoms with E-state index in [4.69, 9.17) is 15.2 Å². The van der Waals surface area contributed by atoms with Crippen LogP contribution in [0, 0.1) is 0 Å². The summed E-state index contributed by atoms with van der Waals surface area (Å²) in [7, 11) is 1.60. The van der Waals surface area contributed by atoms with Gasteiger partial charge in [0.15, 0.2) is 0 Å². The molecule has 2 aromatic rings. The first-order valence-corrected chi connectivity index (χ1v) is 6.26. The zero-order valence-electron chi connectivity index (χ0n) is 9.68. The van der Waals surface area contributed by atoms with E-state index in [-0.39, 0.29) is 0 Å². The number of anilines is 1. The van der Waals surface area contributed by atoms with Crippen molar-refractivity contribution in [2.75, 3.05) is 19.5 Å². The molecule has 0 aliphatic heterocycles. The van der Waals surface area contributed by atoms with Crippen molar-refractivity contribution in [3.05, 3.63) is 40.6 Å². The molecule has 1 aromatic carbocycles. The minimum atomic E-state index is 0.598. The molecule has 0 spiro atoms. The number of ether oxygens (including phenoxy) is 2. The number of benzene rings is 1. The largest absolute Gasteiger partial charge is 0.495 e. The maximum atomic E-state index is 5.80. The number of hydrogen-bond donors (Lipinski definition) is 1. The molecule has 0 aliphatic rings. The van der Waals surface area contributed by atoms with Crippen LogP contribution in [0.25, 0.3) is 0 Å². The molecule has 0 aliphatic carbocycles. The molecule has 0 amide bonds. The number of rotatable bonds is 5. The lowest BCUT2D eigenvalue weighted by atomic mass is 10.3. The van der Waals surface area contributed by atoms with Gasteiger partial charge in [-0.05, 0) is 23.6 Å². The van der Waals surface area contributed by atoms with Crippen molar-refractivity contribution in [3.63, 3.8) is 0 Å².